The molecule has 596 valence electrons. The molecule has 3 aromatic carbocycles. The number of halogens is 7. The minimum atomic E-state index is -1.21. The Morgan fingerprint density at radius 2 is 0.798 bits per heavy atom. The lowest BCUT2D eigenvalue weighted by Gasteiger charge is -2.31. The third-order valence-electron chi connectivity index (χ3n) is 21.0. The smallest absolute Gasteiger partial charge is 0.376 e. The van der Waals surface area contributed by atoms with Gasteiger partial charge in [0.1, 0.15) is 45.6 Å². The van der Waals surface area contributed by atoms with Crippen molar-refractivity contribution in [2.75, 3.05) is 9.80 Å². The van der Waals surface area contributed by atoms with Gasteiger partial charge in [-0.05, 0) is 171 Å². The number of ether oxygens (including phenoxy) is 5. The molecule has 0 radical (unpaired) electrons. The van der Waals surface area contributed by atoms with Crippen molar-refractivity contribution < 1.29 is 71.1 Å². The number of aromatic nitrogens is 9. The number of amides is 3. The topological polar surface area (TPSA) is 343 Å². The van der Waals surface area contributed by atoms with Gasteiger partial charge in [-0.25, -0.2) is 44.3 Å². The van der Waals surface area contributed by atoms with E-state index >= 15 is 0 Å². The van der Waals surface area contributed by atoms with E-state index in [2.05, 4.69) is 66.6 Å². The SMILES string of the molecule is CC(C)(C)OC(=O)c1ncc(Br)cn1.CC(C)(C)OC(=O)c1ncc(N2C(=O)[C@@H]3C[C@H]2C[C@H]3OCc2c(-c3c(Cl)cccc3Cl)noc2C2CC2)cn1.O=C(O)c1ncc(N2C(=O)[C@@H]3C[C@H]2C[C@H]3OCc2c(-c3c(Cl)cccc3Cl)noc2C2CC2)cn1.O=C1N[C@@H]2C[C@@H](OCc3c(-c4c(Cl)cccc4Cl)noc3C3CC3)[C@H]1C2. The summed E-state index contributed by atoms with van der Waals surface area (Å²) in [5.74, 6) is 0.254. The van der Waals surface area contributed by atoms with Gasteiger partial charge >= 0.3 is 17.9 Å². The monoisotopic (exact) mass is 1730 g/mol. The molecule has 9 atom stereocenters. The number of hydrogen-bond acceptors (Lipinski definition) is 23. The first-order valence-corrected chi connectivity index (χ1v) is 40.5. The van der Waals surface area contributed by atoms with E-state index in [1.807, 2.05) is 0 Å². The fourth-order valence-electron chi connectivity index (χ4n) is 15.4. The Morgan fingerprint density at radius 3 is 1.10 bits per heavy atom. The molecule has 0 spiro atoms. The second kappa shape index (κ2) is 33.2. The van der Waals surface area contributed by atoms with Crippen molar-refractivity contribution in [3.63, 3.8) is 0 Å². The van der Waals surface area contributed by atoms with Crippen LogP contribution in [0.2, 0.25) is 30.1 Å². The predicted molar refractivity (Wildman–Crippen MR) is 421 cm³/mol. The number of piperidine rings is 3. The first-order chi connectivity index (χ1) is 54.5. The fourth-order valence-corrected chi connectivity index (χ4v) is 17.4. The molecular formula is C80H77BrCl6N12O15. The molecule has 18 rings (SSSR count). The van der Waals surface area contributed by atoms with Crippen LogP contribution in [0.15, 0.2) is 110 Å². The van der Waals surface area contributed by atoms with Gasteiger partial charge in [0.2, 0.25) is 35.2 Å². The van der Waals surface area contributed by atoms with Gasteiger partial charge in [-0.3, -0.25) is 14.4 Å². The summed E-state index contributed by atoms with van der Waals surface area (Å²) in [4.78, 5) is 100. The predicted octanol–water partition coefficient (Wildman–Crippen LogP) is 17.2. The zero-order valence-electron chi connectivity index (χ0n) is 62.4. The highest BCUT2D eigenvalue weighted by Gasteiger charge is 2.54. The first-order valence-electron chi connectivity index (χ1n) is 37.4. The summed E-state index contributed by atoms with van der Waals surface area (Å²) in [7, 11) is 0. The molecule has 9 aromatic rings. The van der Waals surface area contributed by atoms with Crippen molar-refractivity contribution in [2.24, 2.45) is 17.8 Å². The average molecular weight is 1740 g/mol. The summed E-state index contributed by atoms with van der Waals surface area (Å²) in [6.07, 6.45) is 18.9. The zero-order chi connectivity index (χ0) is 80.3. The molecule has 9 aliphatic rings. The van der Waals surface area contributed by atoms with E-state index in [1.54, 1.807) is 106 Å². The highest BCUT2D eigenvalue weighted by Crippen LogP contribution is 2.52. The standard InChI is InChI=1S/C28H28Cl2N4O5.C24H20Cl2N4O5.C19H18Cl2N2O3.C9H11BrN2O2/c1-28(2,3)38-27(36)25-31-11-16(12-32-25)34-15-9-17(26(34)35)21(10-15)37-13-18-23(33-39-24(18)14-7-8-14)22-19(29)5-4-6-20(22)30;25-16-2-1-3-17(26)19(16)20-15(21(35-29-20)11-4-5-11)10-34-18-7-12-6-14(18)23(31)30(12)13-8-27-22(24(32)33)28-9-13;20-13-2-1-3-14(21)16(13)17-12(18(26-23-17)9-4-5-9)8-25-15-7-10-6-11(15)19(24)22-10;1-9(2,3)14-8(13)7-11-4-6(10)5-12-7/h4-6,11-12,14-15,17,21H,7-10,13H2,1-3H3;1-3,8-9,11-12,14,18H,4-7,10H2,(H,32,33);1-3,9-11,15H,4-8H2,(H,22,24);4-5H,1-3H3/t15-,17+,21+;12-,14+,18+;10-,11+,15+;/m000./s1. The number of carboxylic acids is 1. The summed E-state index contributed by atoms with van der Waals surface area (Å²) in [5.41, 5.74) is 6.19. The maximum absolute atomic E-state index is 13.3. The number of anilines is 2. The second-order valence-corrected chi connectivity index (χ2v) is 34.9. The number of hydrogen-bond donors (Lipinski definition) is 2. The van der Waals surface area contributed by atoms with Crippen LogP contribution in [0.5, 0.6) is 0 Å². The van der Waals surface area contributed by atoms with Crippen LogP contribution in [-0.4, -0.2) is 134 Å². The summed E-state index contributed by atoms with van der Waals surface area (Å²) >= 11 is 41.8. The molecular weight excluding hydrogens is 1660 g/mol. The normalized spacial score (nSPS) is 22.4. The number of rotatable bonds is 20. The van der Waals surface area contributed by atoms with Crippen molar-refractivity contribution >= 4 is 133 Å². The highest BCUT2D eigenvalue weighted by molar-refractivity contribution is 9.10. The molecule has 6 saturated carbocycles. The molecule has 0 unspecified atom stereocenters. The molecule has 3 saturated heterocycles. The van der Waals surface area contributed by atoms with Gasteiger partial charge in [0.15, 0.2) is 0 Å². The lowest BCUT2D eigenvalue weighted by atomic mass is 10.0. The van der Waals surface area contributed by atoms with Crippen LogP contribution >= 0.6 is 85.5 Å². The number of nitrogens with one attached hydrogen (secondary N) is 1. The number of nitrogens with zero attached hydrogens (tertiary/aromatic N) is 11. The van der Waals surface area contributed by atoms with Gasteiger partial charge in [-0.1, -0.05) is 103 Å². The van der Waals surface area contributed by atoms with Crippen molar-refractivity contribution in [2.45, 2.75) is 204 Å². The Hall–Kier alpha value is -8.55. The van der Waals surface area contributed by atoms with Gasteiger partial charge in [0.05, 0.1) is 127 Å². The number of carbonyl (C=O) groups is 6. The van der Waals surface area contributed by atoms with E-state index in [0.29, 0.717) is 125 Å². The van der Waals surface area contributed by atoms with Crippen LogP contribution in [0, 0.1) is 17.8 Å². The number of esters is 2. The van der Waals surface area contributed by atoms with Crippen LogP contribution in [0.4, 0.5) is 11.4 Å². The minimum Gasteiger partial charge on any atom is -0.475 e. The van der Waals surface area contributed by atoms with E-state index in [9.17, 15) is 28.8 Å². The highest BCUT2D eigenvalue weighted by atomic mass is 79.9. The first kappa shape index (κ1) is 80.6. The van der Waals surface area contributed by atoms with Gasteiger partial charge in [0, 0.05) is 81.7 Å². The molecule has 27 nitrogen and oxygen atoms in total. The van der Waals surface area contributed by atoms with Gasteiger partial charge < -0.3 is 57.5 Å². The Kier molecular flexibility index (Phi) is 23.5. The van der Waals surface area contributed by atoms with Crippen LogP contribution in [-0.2, 0) is 57.9 Å². The summed E-state index contributed by atoms with van der Waals surface area (Å²) in [6, 6.07) is 16.2. The molecule has 34 heteroatoms. The maximum Gasteiger partial charge on any atom is 0.376 e. The number of carboxylic acid groups (broad SMARTS) is 1. The molecule has 9 heterocycles. The van der Waals surface area contributed by atoms with E-state index in [1.165, 1.54) is 37.2 Å². The van der Waals surface area contributed by atoms with Crippen LogP contribution in [0.25, 0.3) is 33.8 Å². The molecule has 2 N–H and O–H groups in total. The molecule has 6 aliphatic carbocycles. The van der Waals surface area contributed by atoms with Gasteiger partial charge in [0.25, 0.3) is 0 Å². The second-order valence-electron chi connectivity index (χ2n) is 31.5. The van der Waals surface area contributed by atoms with Crippen LogP contribution in [0.3, 0.4) is 0 Å². The molecule has 114 heavy (non-hydrogen) atoms. The molecule has 9 fully saturated rings. The number of aromatic carboxylic acids is 1. The molecule has 6 aromatic heterocycles. The van der Waals surface area contributed by atoms with Crippen molar-refractivity contribution in [3.05, 3.63) is 178 Å². The average Bonchev–Trinajstić information content (AvgIpc) is 1.61. The summed E-state index contributed by atoms with van der Waals surface area (Å²) in [5, 5.41) is 27.9. The Morgan fingerprint density at radius 1 is 0.474 bits per heavy atom. The number of benzene rings is 3. The summed E-state index contributed by atoms with van der Waals surface area (Å²) < 4.78 is 47.1. The van der Waals surface area contributed by atoms with Crippen molar-refractivity contribution in [1.82, 2.24) is 50.7 Å². The Bertz CT molecular complexity index is 5100. The van der Waals surface area contributed by atoms with E-state index < -0.39 is 29.1 Å². The number of carbonyl (C=O) groups excluding carboxylic acids is 5. The van der Waals surface area contributed by atoms with Gasteiger partial charge in [-0.15, -0.1) is 0 Å². The third-order valence-corrected chi connectivity index (χ3v) is 23.3. The van der Waals surface area contributed by atoms with Gasteiger partial charge in [-0.2, -0.15) is 0 Å². The lowest BCUT2D eigenvalue weighted by molar-refractivity contribution is -0.129. The van der Waals surface area contributed by atoms with E-state index in [-0.39, 0.29) is 103 Å². The largest absolute Gasteiger partial charge is 0.475 e. The van der Waals surface area contributed by atoms with E-state index in [4.69, 9.17) is 112 Å². The minimum absolute atomic E-state index is 0.0352. The lowest BCUT2D eigenvalue weighted by Crippen LogP contribution is -2.43. The molecule has 3 aliphatic heterocycles. The van der Waals surface area contributed by atoms with Crippen LogP contribution in [0.1, 0.15) is 202 Å². The van der Waals surface area contributed by atoms with Crippen molar-refractivity contribution in [1.29, 1.82) is 0 Å². The third kappa shape index (κ3) is 17.6. The molecule has 3 amide bonds. The summed E-state index contributed by atoms with van der Waals surface area (Å²) in [6.45, 7) is 11.6. The fraction of sp³-hybridized carbons (Fsp3) is 0.438. The van der Waals surface area contributed by atoms with Crippen molar-refractivity contribution in [3.8, 4) is 33.8 Å². The Balaban J connectivity index is 0.000000126. The maximum atomic E-state index is 13.3. The zero-order valence-corrected chi connectivity index (χ0v) is 68.5. The van der Waals surface area contributed by atoms with Crippen LogP contribution < -0.4 is 15.1 Å². The molecule has 6 bridgehead atoms. The number of fused-ring (bicyclic) bond motifs is 6. The van der Waals surface area contributed by atoms with E-state index in [0.717, 1.165) is 89.8 Å². The Labute approximate surface area is 692 Å². The quantitative estimate of drug-likeness (QED) is 0.0669.